The third kappa shape index (κ3) is 3.59. The zero-order chi connectivity index (χ0) is 16.2. The van der Waals surface area contributed by atoms with Gasteiger partial charge in [0, 0.05) is 18.5 Å². The Morgan fingerprint density at radius 3 is 2.57 bits per heavy atom. The molecule has 1 N–H and O–H groups in total. The molecule has 0 atom stereocenters. The van der Waals surface area contributed by atoms with Crippen molar-refractivity contribution in [1.82, 2.24) is 5.32 Å². The first kappa shape index (κ1) is 15.3. The van der Waals surface area contributed by atoms with Crippen molar-refractivity contribution in [2.45, 2.75) is 13.0 Å². The van der Waals surface area contributed by atoms with Crippen LogP contribution in [-0.2, 0) is 6.54 Å². The maximum atomic E-state index is 13.1. The average molecular weight is 319 g/mol. The van der Waals surface area contributed by atoms with Gasteiger partial charge < -0.3 is 14.8 Å². The summed E-state index contributed by atoms with van der Waals surface area (Å²) in [5.74, 6) is -1.19. The van der Waals surface area contributed by atoms with E-state index in [9.17, 15) is 13.6 Å². The largest absolute Gasteiger partial charge is 0.490 e. The second-order valence-corrected chi connectivity index (χ2v) is 5.14. The summed E-state index contributed by atoms with van der Waals surface area (Å²) in [6, 6.07) is 8.45. The molecule has 23 heavy (non-hydrogen) atoms. The Kier molecular flexibility index (Phi) is 4.41. The molecule has 0 fully saturated rings. The average Bonchev–Trinajstić information content (AvgIpc) is 2.80. The molecule has 0 spiro atoms. The zero-order valence-electron chi connectivity index (χ0n) is 12.3. The van der Waals surface area contributed by atoms with Crippen molar-refractivity contribution < 1.29 is 23.0 Å². The standard InChI is InChI=1S/C17H15F2NO3/c18-13-4-3-12(9-14(13)19)17(21)20-10-11-2-5-15-16(8-11)23-7-1-6-22-15/h2-5,8-9H,1,6-7,10H2,(H,20,21). The quantitative estimate of drug-likeness (QED) is 0.946. The Balaban J connectivity index is 1.67. The van der Waals surface area contributed by atoms with Crippen LogP contribution in [0.3, 0.4) is 0 Å². The first-order valence-electron chi connectivity index (χ1n) is 7.25. The number of benzene rings is 2. The van der Waals surface area contributed by atoms with Gasteiger partial charge in [-0.3, -0.25) is 4.79 Å². The highest BCUT2D eigenvalue weighted by Crippen LogP contribution is 2.30. The molecular weight excluding hydrogens is 304 g/mol. The van der Waals surface area contributed by atoms with Crippen LogP contribution in [0.5, 0.6) is 11.5 Å². The van der Waals surface area contributed by atoms with Gasteiger partial charge in [-0.15, -0.1) is 0 Å². The Labute approximate surface area is 132 Å². The summed E-state index contributed by atoms with van der Waals surface area (Å²) >= 11 is 0. The van der Waals surface area contributed by atoms with Gasteiger partial charge >= 0.3 is 0 Å². The van der Waals surface area contributed by atoms with Gasteiger partial charge in [0.2, 0.25) is 0 Å². The smallest absolute Gasteiger partial charge is 0.251 e. The monoisotopic (exact) mass is 319 g/mol. The molecule has 0 aliphatic carbocycles. The number of carbonyl (C=O) groups excluding carboxylic acids is 1. The number of hydrogen-bond acceptors (Lipinski definition) is 3. The number of carbonyl (C=O) groups is 1. The number of hydrogen-bond donors (Lipinski definition) is 1. The van der Waals surface area contributed by atoms with Crippen molar-refractivity contribution >= 4 is 5.91 Å². The van der Waals surface area contributed by atoms with Gasteiger partial charge in [0.1, 0.15) is 0 Å². The van der Waals surface area contributed by atoms with Gasteiger partial charge in [0.15, 0.2) is 23.1 Å². The fourth-order valence-corrected chi connectivity index (χ4v) is 2.24. The molecule has 3 rings (SSSR count). The highest BCUT2D eigenvalue weighted by molar-refractivity contribution is 5.94. The maximum Gasteiger partial charge on any atom is 0.251 e. The maximum absolute atomic E-state index is 13.1. The van der Waals surface area contributed by atoms with E-state index in [0.29, 0.717) is 24.7 Å². The fourth-order valence-electron chi connectivity index (χ4n) is 2.24. The molecular formula is C17H15F2NO3. The summed E-state index contributed by atoms with van der Waals surface area (Å²) in [4.78, 5) is 12.0. The van der Waals surface area contributed by atoms with Crippen molar-refractivity contribution in [2.75, 3.05) is 13.2 Å². The number of nitrogens with one attached hydrogen (secondary N) is 1. The van der Waals surface area contributed by atoms with Crippen molar-refractivity contribution in [3.63, 3.8) is 0 Å². The van der Waals surface area contributed by atoms with E-state index in [2.05, 4.69) is 5.32 Å². The second-order valence-electron chi connectivity index (χ2n) is 5.14. The number of amides is 1. The van der Waals surface area contributed by atoms with E-state index >= 15 is 0 Å². The van der Waals surface area contributed by atoms with E-state index in [-0.39, 0.29) is 12.1 Å². The lowest BCUT2D eigenvalue weighted by molar-refractivity contribution is 0.0950. The minimum absolute atomic E-state index is 0.0678. The summed E-state index contributed by atoms with van der Waals surface area (Å²) in [6.45, 7) is 1.44. The predicted octanol–water partition coefficient (Wildman–Crippen LogP) is 3.06. The summed E-state index contributed by atoms with van der Waals surface area (Å²) in [7, 11) is 0. The SMILES string of the molecule is O=C(NCc1ccc2c(c1)OCCCO2)c1ccc(F)c(F)c1. The molecule has 0 aromatic heterocycles. The highest BCUT2D eigenvalue weighted by Gasteiger charge is 2.12. The van der Waals surface area contributed by atoms with Gasteiger partial charge in [-0.2, -0.15) is 0 Å². The minimum Gasteiger partial charge on any atom is -0.490 e. The fraction of sp³-hybridized carbons (Fsp3) is 0.235. The molecule has 120 valence electrons. The summed E-state index contributed by atoms with van der Waals surface area (Å²) in [5.41, 5.74) is 0.892. The van der Waals surface area contributed by atoms with Gasteiger partial charge in [0.05, 0.1) is 13.2 Å². The van der Waals surface area contributed by atoms with E-state index in [0.717, 1.165) is 24.1 Å². The number of ether oxygens (including phenoxy) is 2. The Bertz CT molecular complexity index is 734. The number of fused-ring (bicyclic) bond motifs is 1. The molecule has 0 unspecified atom stereocenters. The van der Waals surface area contributed by atoms with Gasteiger partial charge in [-0.25, -0.2) is 8.78 Å². The molecule has 0 radical (unpaired) electrons. The van der Waals surface area contributed by atoms with Crippen LogP contribution in [0.2, 0.25) is 0 Å². The first-order chi connectivity index (χ1) is 11.1. The molecule has 1 heterocycles. The Morgan fingerprint density at radius 2 is 1.78 bits per heavy atom. The molecule has 1 amide bonds. The molecule has 0 saturated heterocycles. The normalized spacial score (nSPS) is 13.3. The van der Waals surface area contributed by atoms with Crippen molar-refractivity contribution in [3.8, 4) is 11.5 Å². The topological polar surface area (TPSA) is 47.6 Å². The third-order valence-corrected chi connectivity index (χ3v) is 3.45. The van der Waals surface area contributed by atoms with E-state index in [4.69, 9.17) is 9.47 Å². The summed E-state index contributed by atoms with van der Waals surface area (Å²) in [5, 5.41) is 2.66. The second kappa shape index (κ2) is 6.64. The highest BCUT2D eigenvalue weighted by atomic mass is 19.2. The van der Waals surface area contributed by atoms with E-state index in [1.807, 2.05) is 6.07 Å². The molecule has 1 aliphatic rings. The Morgan fingerprint density at radius 1 is 1.00 bits per heavy atom. The van der Waals surface area contributed by atoms with Crippen LogP contribution in [-0.4, -0.2) is 19.1 Å². The van der Waals surface area contributed by atoms with Crippen molar-refractivity contribution in [3.05, 3.63) is 59.2 Å². The molecule has 2 aromatic rings. The van der Waals surface area contributed by atoms with Crippen LogP contribution in [0, 0.1) is 11.6 Å². The molecule has 1 aliphatic heterocycles. The van der Waals surface area contributed by atoms with Crippen LogP contribution in [0.15, 0.2) is 36.4 Å². The van der Waals surface area contributed by atoms with Crippen LogP contribution in [0.4, 0.5) is 8.78 Å². The summed E-state index contributed by atoms with van der Waals surface area (Å²) in [6.07, 6.45) is 0.816. The molecule has 0 bridgehead atoms. The van der Waals surface area contributed by atoms with Crippen LogP contribution < -0.4 is 14.8 Å². The number of rotatable bonds is 3. The lowest BCUT2D eigenvalue weighted by Crippen LogP contribution is -2.23. The molecule has 0 saturated carbocycles. The Hall–Kier alpha value is -2.63. The molecule has 6 heteroatoms. The molecule has 4 nitrogen and oxygen atoms in total. The van der Waals surface area contributed by atoms with Crippen LogP contribution in [0.1, 0.15) is 22.3 Å². The lowest BCUT2D eigenvalue weighted by atomic mass is 10.1. The zero-order valence-corrected chi connectivity index (χ0v) is 12.3. The minimum atomic E-state index is -1.05. The van der Waals surface area contributed by atoms with Gasteiger partial charge in [-0.1, -0.05) is 6.07 Å². The lowest BCUT2D eigenvalue weighted by Gasteiger charge is -2.10. The number of halogens is 2. The predicted molar refractivity (Wildman–Crippen MR) is 79.6 cm³/mol. The van der Waals surface area contributed by atoms with Crippen molar-refractivity contribution in [2.24, 2.45) is 0 Å². The van der Waals surface area contributed by atoms with Crippen LogP contribution in [0.25, 0.3) is 0 Å². The van der Waals surface area contributed by atoms with Gasteiger partial charge in [0.25, 0.3) is 5.91 Å². The van der Waals surface area contributed by atoms with Gasteiger partial charge in [-0.05, 0) is 35.9 Å². The van der Waals surface area contributed by atoms with E-state index in [1.54, 1.807) is 12.1 Å². The van der Waals surface area contributed by atoms with E-state index in [1.165, 1.54) is 6.07 Å². The summed E-state index contributed by atoms with van der Waals surface area (Å²) < 4.78 is 37.1. The van der Waals surface area contributed by atoms with Crippen LogP contribution >= 0.6 is 0 Å². The molecule has 2 aromatic carbocycles. The third-order valence-electron chi connectivity index (χ3n) is 3.45. The first-order valence-corrected chi connectivity index (χ1v) is 7.25. The van der Waals surface area contributed by atoms with Crippen molar-refractivity contribution in [1.29, 1.82) is 0 Å². The van der Waals surface area contributed by atoms with E-state index < -0.39 is 17.5 Å².